The van der Waals surface area contributed by atoms with Gasteiger partial charge in [0.1, 0.15) is 5.54 Å². The number of hydrogen-bond acceptors (Lipinski definition) is 3. The molecule has 0 radical (unpaired) electrons. The predicted octanol–water partition coefficient (Wildman–Crippen LogP) is 1.66. The highest BCUT2D eigenvalue weighted by atomic mass is 32.2. The summed E-state index contributed by atoms with van der Waals surface area (Å²) in [6, 6.07) is 4.42. The van der Waals surface area contributed by atoms with E-state index >= 15 is 0 Å². The fourth-order valence-corrected chi connectivity index (χ4v) is 3.82. The fourth-order valence-electron chi connectivity index (χ4n) is 2.32. The van der Waals surface area contributed by atoms with Crippen molar-refractivity contribution in [2.24, 2.45) is 0 Å². The van der Waals surface area contributed by atoms with Crippen LogP contribution in [0.4, 0.5) is 13.2 Å². The summed E-state index contributed by atoms with van der Waals surface area (Å²) in [7, 11) is -4.16. The summed E-state index contributed by atoms with van der Waals surface area (Å²) in [4.78, 5) is -0.115. The number of alkyl halides is 3. The van der Waals surface area contributed by atoms with Crippen LogP contribution < -0.4 is 10.0 Å². The van der Waals surface area contributed by atoms with Crippen LogP contribution >= 0.6 is 0 Å². The summed E-state index contributed by atoms with van der Waals surface area (Å²) in [5.74, 6) is 0. The normalized spacial score (nSPS) is 20.8. The van der Waals surface area contributed by atoms with E-state index in [1.165, 1.54) is 12.1 Å². The van der Waals surface area contributed by atoms with Crippen LogP contribution in [0, 0.1) is 0 Å². The number of hydrogen-bond donors (Lipinski definition) is 2. The Balaban J connectivity index is 1.90. The number of halogens is 3. The molecule has 0 amide bonds. The molecule has 0 saturated heterocycles. The molecule has 0 spiro atoms. The molecule has 1 aromatic rings. The van der Waals surface area contributed by atoms with Gasteiger partial charge in [-0.2, -0.15) is 17.9 Å². The monoisotopic (exact) mass is 306 g/mol. The van der Waals surface area contributed by atoms with E-state index in [9.17, 15) is 21.6 Å². The van der Waals surface area contributed by atoms with Gasteiger partial charge in [0, 0.05) is 13.1 Å². The number of sulfonamides is 1. The van der Waals surface area contributed by atoms with Crippen molar-refractivity contribution >= 4 is 10.0 Å². The Labute approximate surface area is 114 Å². The zero-order chi connectivity index (χ0) is 14.6. The number of benzene rings is 1. The Bertz CT molecular complexity index is 651. The minimum absolute atomic E-state index is 0.115. The first kappa shape index (κ1) is 13.8. The fraction of sp³-hybridized carbons (Fsp3) is 0.500. The lowest BCUT2D eigenvalue weighted by atomic mass is 10.1. The molecule has 1 saturated carbocycles. The highest BCUT2D eigenvalue weighted by molar-refractivity contribution is 7.89. The summed E-state index contributed by atoms with van der Waals surface area (Å²) < 4.78 is 64.5. The zero-order valence-corrected chi connectivity index (χ0v) is 11.2. The van der Waals surface area contributed by atoms with Gasteiger partial charge in [0.15, 0.2) is 0 Å². The molecule has 0 unspecified atom stereocenters. The summed E-state index contributed by atoms with van der Waals surface area (Å²) in [6.45, 7) is 1.18. The van der Waals surface area contributed by atoms with Crippen molar-refractivity contribution in [2.75, 3.05) is 0 Å². The standard InChI is InChI=1S/C12H13F3N2O2S/c13-12(14,15)11(3-4-11)17-20(18,19)10-2-1-8-6-16-7-9(8)5-10/h1-2,5,16-17H,3-4,6-7H2. The molecule has 20 heavy (non-hydrogen) atoms. The van der Waals surface area contributed by atoms with E-state index in [-0.39, 0.29) is 17.7 Å². The molecule has 1 heterocycles. The first-order valence-corrected chi connectivity index (χ1v) is 7.65. The van der Waals surface area contributed by atoms with Crippen LogP contribution in [0.3, 0.4) is 0 Å². The smallest absolute Gasteiger partial charge is 0.309 e. The van der Waals surface area contributed by atoms with E-state index in [1.807, 2.05) is 4.72 Å². The molecular formula is C12H13F3N2O2S. The van der Waals surface area contributed by atoms with E-state index in [2.05, 4.69) is 5.32 Å². The largest absolute Gasteiger partial charge is 0.407 e. The van der Waals surface area contributed by atoms with Gasteiger partial charge in [-0.05, 0) is 36.1 Å². The molecule has 0 atom stereocenters. The summed E-state index contributed by atoms with van der Waals surface area (Å²) >= 11 is 0. The molecule has 1 fully saturated rings. The second-order valence-electron chi connectivity index (χ2n) is 5.22. The molecule has 8 heteroatoms. The van der Waals surface area contributed by atoms with Crippen molar-refractivity contribution in [2.45, 2.75) is 42.5 Å². The Morgan fingerprint density at radius 3 is 2.40 bits per heavy atom. The molecule has 110 valence electrons. The van der Waals surface area contributed by atoms with Crippen LogP contribution in [0.25, 0.3) is 0 Å². The van der Waals surface area contributed by atoms with Crippen molar-refractivity contribution in [1.82, 2.24) is 10.0 Å². The Hall–Kier alpha value is -1.12. The molecule has 1 aliphatic heterocycles. The minimum Gasteiger partial charge on any atom is -0.309 e. The van der Waals surface area contributed by atoms with Gasteiger partial charge in [-0.1, -0.05) is 6.07 Å². The van der Waals surface area contributed by atoms with Gasteiger partial charge in [-0.15, -0.1) is 0 Å². The molecule has 4 nitrogen and oxygen atoms in total. The molecule has 1 aliphatic carbocycles. The van der Waals surface area contributed by atoms with E-state index < -0.39 is 21.7 Å². The lowest BCUT2D eigenvalue weighted by Crippen LogP contribution is -2.47. The van der Waals surface area contributed by atoms with Crippen LogP contribution in [-0.4, -0.2) is 20.1 Å². The SMILES string of the molecule is O=S(=O)(NC1(C(F)(F)F)CC1)c1ccc2c(c1)CNC2. The van der Waals surface area contributed by atoms with Crippen molar-refractivity contribution in [3.05, 3.63) is 29.3 Å². The zero-order valence-electron chi connectivity index (χ0n) is 10.4. The Morgan fingerprint density at radius 1 is 1.15 bits per heavy atom. The summed E-state index contributed by atoms with van der Waals surface area (Å²) in [5.41, 5.74) is -0.492. The summed E-state index contributed by atoms with van der Waals surface area (Å²) in [5, 5.41) is 3.06. The van der Waals surface area contributed by atoms with Crippen LogP contribution in [0.1, 0.15) is 24.0 Å². The Kier molecular flexibility index (Phi) is 2.90. The topological polar surface area (TPSA) is 58.2 Å². The highest BCUT2D eigenvalue weighted by Crippen LogP contribution is 2.49. The lowest BCUT2D eigenvalue weighted by molar-refractivity contribution is -0.160. The van der Waals surface area contributed by atoms with Crippen LogP contribution in [0.2, 0.25) is 0 Å². The van der Waals surface area contributed by atoms with Gasteiger partial charge >= 0.3 is 6.18 Å². The molecule has 0 bridgehead atoms. The van der Waals surface area contributed by atoms with E-state index in [1.54, 1.807) is 6.07 Å². The van der Waals surface area contributed by atoms with E-state index in [4.69, 9.17) is 0 Å². The molecule has 2 aliphatic rings. The summed E-state index contributed by atoms with van der Waals surface area (Å²) in [6.07, 6.45) is -4.97. The van der Waals surface area contributed by atoms with Crippen LogP contribution in [-0.2, 0) is 23.1 Å². The second kappa shape index (κ2) is 4.19. The third-order valence-corrected chi connectivity index (χ3v) is 5.28. The molecule has 0 aromatic heterocycles. The van der Waals surface area contributed by atoms with Gasteiger partial charge in [0.05, 0.1) is 4.90 Å². The van der Waals surface area contributed by atoms with E-state index in [0.717, 1.165) is 11.1 Å². The maximum Gasteiger partial charge on any atom is 0.407 e. The number of fused-ring (bicyclic) bond motifs is 1. The first-order chi connectivity index (χ1) is 9.24. The molecule has 2 N–H and O–H groups in total. The number of nitrogens with one attached hydrogen (secondary N) is 2. The van der Waals surface area contributed by atoms with Gasteiger partial charge in [0.2, 0.25) is 10.0 Å². The second-order valence-corrected chi connectivity index (χ2v) is 6.90. The van der Waals surface area contributed by atoms with Gasteiger partial charge in [0.25, 0.3) is 0 Å². The maximum absolute atomic E-state index is 12.8. The maximum atomic E-state index is 12.8. The third-order valence-electron chi connectivity index (χ3n) is 3.74. The van der Waals surface area contributed by atoms with Gasteiger partial charge in [-0.3, -0.25) is 0 Å². The Morgan fingerprint density at radius 2 is 1.80 bits per heavy atom. The van der Waals surface area contributed by atoms with E-state index in [0.29, 0.717) is 13.1 Å². The van der Waals surface area contributed by atoms with Gasteiger partial charge in [-0.25, -0.2) is 8.42 Å². The van der Waals surface area contributed by atoms with Crippen LogP contribution in [0.15, 0.2) is 23.1 Å². The number of rotatable bonds is 3. The van der Waals surface area contributed by atoms with Crippen molar-refractivity contribution in [3.63, 3.8) is 0 Å². The predicted molar refractivity (Wildman–Crippen MR) is 65.3 cm³/mol. The average molecular weight is 306 g/mol. The average Bonchev–Trinajstić information content (AvgIpc) is 2.98. The quantitative estimate of drug-likeness (QED) is 0.893. The van der Waals surface area contributed by atoms with Crippen molar-refractivity contribution < 1.29 is 21.6 Å². The molecule has 1 aromatic carbocycles. The third kappa shape index (κ3) is 2.21. The van der Waals surface area contributed by atoms with Gasteiger partial charge < -0.3 is 5.32 Å². The minimum atomic E-state index is -4.56. The molecular weight excluding hydrogens is 293 g/mol. The molecule has 3 rings (SSSR count). The first-order valence-electron chi connectivity index (χ1n) is 6.17. The lowest BCUT2D eigenvalue weighted by Gasteiger charge is -2.20. The highest BCUT2D eigenvalue weighted by Gasteiger charge is 2.65. The van der Waals surface area contributed by atoms with Crippen molar-refractivity contribution in [3.8, 4) is 0 Å². The van der Waals surface area contributed by atoms with Crippen molar-refractivity contribution in [1.29, 1.82) is 0 Å². The van der Waals surface area contributed by atoms with Crippen LogP contribution in [0.5, 0.6) is 0 Å².